The van der Waals surface area contributed by atoms with Gasteiger partial charge in [0.25, 0.3) is 0 Å². The Morgan fingerprint density at radius 3 is 2.58 bits per heavy atom. The summed E-state index contributed by atoms with van der Waals surface area (Å²) in [6, 6.07) is 9.68. The van der Waals surface area contributed by atoms with Crippen molar-refractivity contribution in [3.8, 4) is 12.1 Å². The normalized spacial score (nSPS) is 12.4. The molecule has 100 valence electrons. The number of hydrogen-bond donors (Lipinski definition) is 1. The van der Waals surface area contributed by atoms with E-state index in [0.717, 1.165) is 6.42 Å². The highest BCUT2D eigenvalue weighted by Crippen LogP contribution is 2.11. The molecule has 1 rings (SSSR count). The van der Waals surface area contributed by atoms with Gasteiger partial charge < -0.3 is 0 Å². The number of benzene rings is 1. The Hall–Kier alpha value is -1.89. The summed E-state index contributed by atoms with van der Waals surface area (Å²) in [4.78, 5) is 0. The van der Waals surface area contributed by atoms with Crippen molar-refractivity contribution in [2.75, 3.05) is 0 Å². The van der Waals surface area contributed by atoms with E-state index in [-0.39, 0.29) is 5.75 Å². The third kappa shape index (κ3) is 4.70. The molecule has 0 aliphatic rings. The molecule has 1 aromatic carbocycles. The number of hydrogen-bond acceptors (Lipinski definition) is 4. The number of nitrogens with zero attached hydrogens (tertiary/aromatic N) is 2. The molecule has 0 heterocycles. The molecular weight excluding hydrogens is 262 g/mol. The molecule has 0 bridgehead atoms. The maximum absolute atomic E-state index is 11.9. The van der Waals surface area contributed by atoms with Gasteiger partial charge in [0.2, 0.25) is 10.0 Å². The summed E-state index contributed by atoms with van der Waals surface area (Å²) in [5.41, 5.74) is 0.766. The zero-order chi connectivity index (χ0) is 14.3. The molecule has 0 spiro atoms. The fraction of sp³-hybridized carbons (Fsp3) is 0.385. The van der Waals surface area contributed by atoms with Gasteiger partial charge in [-0.05, 0) is 18.1 Å². The van der Waals surface area contributed by atoms with Gasteiger partial charge in [0.05, 0.1) is 23.5 Å². The molecule has 0 saturated heterocycles. The van der Waals surface area contributed by atoms with E-state index in [4.69, 9.17) is 10.5 Å². The van der Waals surface area contributed by atoms with Crippen molar-refractivity contribution >= 4 is 10.0 Å². The van der Waals surface area contributed by atoms with Gasteiger partial charge in [-0.1, -0.05) is 31.5 Å². The van der Waals surface area contributed by atoms with Crippen LogP contribution in [0.2, 0.25) is 0 Å². The van der Waals surface area contributed by atoms with Gasteiger partial charge in [0.1, 0.15) is 6.04 Å². The Kier molecular flexibility index (Phi) is 5.50. The smallest absolute Gasteiger partial charge is 0.212 e. The van der Waals surface area contributed by atoms with E-state index in [1.807, 2.05) is 19.1 Å². The third-order valence-electron chi connectivity index (χ3n) is 2.54. The minimum absolute atomic E-state index is 0.293. The second kappa shape index (κ2) is 6.89. The Bertz CT molecular complexity index is 612. The van der Waals surface area contributed by atoms with Gasteiger partial charge in [-0.3, -0.25) is 0 Å². The maximum Gasteiger partial charge on any atom is 0.216 e. The fourth-order valence-electron chi connectivity index (χ4n) is 1.66. The summed E-state index contributed by atoms with van der Waals surface area (Å²) in [6.07, 6.45) is 1.19. The second-order valence-electron chi connectivity index (χ2n) is 4.12. The summed E-state index contributed by atoms with van der Waals surface area (Å²) >= 11 is 0. The standard InChI is InChI=1S/C13H15N3O2S/c1-2-5-13(9-15)16-19(17,18)10-12-7-4-3-6-11(12)8-14/h3-4,6-7,13,16H,2,5,10H2,1H3. The minimum atomic E-state index is -3.62. The molecule has 1 unspecified atom stereocenters. The van der Waals surface area contributed by atoms with Crippen LogP contribution in [0.25, 0.3) is 0 Å². The van der Waals surface area contributed by atoms with Crippen LogP contribution in [0.15, 0.2) is 24.3 Å². The minimum Gasteiger partial charge on any atom is -0.212 e. The van der Waals surface area contributed by atoms with Crippen LogP contribution in [0.4, 0.5) is 0 Å². The van der Waals surface area contributed by atoms with Crippen LogP contribution in [0.1, 0.15) is 30.9 Å². The van der Waals surface area contributed by atoms with Crippen LogP contribution >= 0.6 is 0 Å². The monoisotopic (exact) mass is 277 g/mol. The van der Waals surface area contributed by atoms with E-state index in [1.165, 1.54) is 0 Å². The first-order chi connectivity index (χ1) is 9.02. The van der Waals surface area contributed by atoms with Crippen molar-refractivity contribution in [2.45, 2.75) is 31.6 Å². The molecule has 1 N–H and O–H groups in total. The van der Waals surface area contributed by atoms with E-state index in [0.29, 0.717) is 17.5 Å². The second-order valence-corrected chi connectivity index (χ2v) is 5.87. The number of nitrogens with one attached hydrogen (secondary N) is 1. The third-order valence-corrected chi connectivity index (χ3v) is 3.87. The van der Waals surface area contributed by atoms with Crippen molar-refractivity contribution in [1.29, 1.82) is 10.5 Å². The molecule has 19 heavy (non-hydrogen) atoms. The van der Waals surface area contributed by atoms with Gasteiger partial charge in [-0.2, -0.15) is 15.2 Å². The Balaban J connectivity index is 2.86. The average molecular weight is 277 g/mol. The first-order valence-electron chi connectivity index (χ1n) is 5.90. The fourth-order valence-corrected chi connectivity index (χ4v) is 3.01. The quantitative estimate of drug-likeness (QED) is 0.855. The molecule has 1 aromatic rings. The van der Waals surface area contributed by atoms with Crippen LogP contribution < -0.4 is 4.72 Å². The highest BCUT2D eigenvalue weighted by Gasteiger charge is 2.18. The van der Waals surface area contributed by atoms with Crippen LogP contribution in [-0.4, -0.2) is 14.5 Å². The molecular formula is C13H15N3O2S. The van der Waals surface area contributed by atoms with Crippen molar-refractivity contribution in [1.82, 2.24) is 4.72 Å². The van der Waals surface area contributed by atoms with Crippen LogP contribution in [0.3, 0.4) is 0 Å². The van der Waals surface area contributed by atoms with Crippen LogP contribution in [-0.2, 0) is 15.8 Å². The van der Waals surface area contributed by atoms with Crippen molar-refractivity contribution in [3.05, 3.63) is 35.4 Å². The molecule has 0 radical (unpaired) electrons. The molecule has 0 aliphatic carbocycles. The Morgan fingerprint density at radius 1 is 1.32 bits per heavy atom. The van der Waals surface area contributed by atoms with E-state index in [9.17, 15) is 8.42 Å². The lowest BCUT2D eigenvalue weighted by Gasteiger charge is -2.11. The Morgan fingerprint density at radius 2 is 2.00 bits per heavy atom. The SMILES string of the molecule is CCCC(C#N)NS(=O)(=O)Cc1ccccc1C#N. The van der Waals surface area contributed by atoms with Crippen molar-refractivity contribution in [2.24, 2.45) is 0 Å². The molecule has 5 nitrogen and oxygen atoms in total. The predicted octanol–water partition coefficient (Wildman–Crippen LogP) is 1.67. The lowest BCUT2D eigenvalue weighted by molar-refractivity contribution is 0.562. The lowest BCUT2D eigenvalue weighted by atomic mass is 10.1. The molecule has 0 saturated carbocycles. The number of sulfonamides is 1. The lowest BCUT2D eigenvalue weighted by Crippen LogP contribution is -2.34. The van der Waals surface area contributed by atoms with Gasteiger partial charge in [0.15, 0.2) is 0 Å². The summed E-state index contributed by atoms with van der Waals surface area (Å²) in [5, 5.41) is 17.8. The maximum atomic E-state index is 11.9. The molecule has 6 heteroatoms. The van der Waals surface area contributed by atoms with Crippen molar-refractivity contribution < 1.29 is 8.42 Å². The number of nitriles is 2. The molecule has 0 fully saturated rings. The molecule has 0 aromatic heterocycles. The summed E-state index contributed by atoms with van der Waals surface area (Å²) in [6.45, 7) is 1.88. The van der Waals surface area contributed by atoms with Gasteiger partial charge in [-0.25, -0.2) is 8.42 Å². The van der Waals surface area contributed by atoms with Gasteiger partial charge in [-0.15, -0.1) is 0 Å². The van der Waals surface area contributed by atoms with Gasteiger partial charge in [0, 0.05) is 0 Å². The number of rotatable bonds is 6. The van der Waals surface area contributed by atoms with E-state index >= 15 is 0 Å². The molecule has 0 aliphatic heterocycles. The zero-order valence-electron chi connectivity index (χ0n) is 10.6. The van der Waals surface area contributed by atoms with E-state index < -0.39 is 16.1 Å². The van der Waals surface area contributed by atoms with Crippen molar-refractivity contribution in [3.63, 3.8) is 0 Å². The topological polar surface area (TPSA) is 93.8 Å². The van der Waals surface area contributed by atoms with E-state index in [2.05, 4.69) is 4.72 Å². The Labute approximate surface area is 113 Å². The summed E-state index contributed by atoms with van der Waals surface area (Å²) in [5.74, 6) is -0.293. The predicted molar refractivity (Wildman–Crippen MR) is 71.2 cm³/mol. The molecule has 1 atom stereocenters. The zero-order valence-corrected chi connectivity index (χ0v) is 11.4. The molecule has 0 amide bonds. The summed E-state index contributed by atoms with van der Waals surface area (Å²) in [7, 11) is -3.62. The average Bonchev–Trinajstić information content (AvgIpc) is 2.38. The highest BCUT2D eigenvalue weighted by molar-refractivity contribution is 7.88. The van der Waals surface area contributed by atoms with E-state index in [1.54, 1.807) is 24.3 Å². The highest BCUT2D eigenvalue weighted by atomic mass is 32.2. The summed E-state index contributed by atoms with van der Waals surface area (Å²) < 4.78 is 26.2. The first-order valence-corrected chi connectivity index (χ1v) is 7.55. The van der Waals surface area contributed by atoms with Crippen LogP contribution in [0, 0.1) is 22.7 Å². The van der Waals surface area contributed by atoms with Crippen LogP contribution in [0.5, 0.6) is 0 Å². The largest absolute Gasteiger partial charge is 0.216 e. The van der Waals surface area contributed by atoms with Gasteiger partial charge >= 0.3 is 0 Å². The first kappa shape index (κ1) is 15.2.